The molecule has 1 N–H and O–H groups in total. The molecule has 0 saturated heterocycles. The molecule has 0 radical (unpaired) electrons. The molecule has 242 valence electrons. The maximum absolute atomic E-state index is 9.19. The molecule has 6 rings (SSSR count). The third-order valence-corrected chi connectivity index (χ3v) is 12.5. The number of rotatable bonds is 6. The molecule has 0 spiro atoms. The Balaban J connectivity index is 0.000000233. The van der Waals surface area contributed by atoms with E-state index in [4.69, 9.17) is 4.55 Å². The summed E-state index contributed by atoms with van der Waals surface area (Å²) in [4.78, 5) is 0. The van der Waals surface area contributed by atoms with Crippen molar-refractivity contribution in [2.24, 2.45) is 0 Å². The summed E-state index contributed by atoms with van der Waals surface area (Å²) in [6.45, 7) is 0. The molecule has 4 aromatic rings. The van der Waals surface area contributed by atoms with Crippen LogP contribution in [0.2, 0.25) is 0 Å². The van der Waals surface area contributed by atoms with Gasteiger partial charge in [-0.3, -0.25) is 4.55 Å². The van der Waals surface area contributed by atoms with Gasteiger partial charge in [-0.1, -0.05) is 85.6 Å². The number of para-hydroxylation sites is 1. The maximum atomic E-state index is 9.19. The summed E-state index contributed by atoms with van der Waals surface area (Å²) in [7, 11) is -2.36. The fourth-order valence-corrected chi connectivity index (χ4v) is 11.1. The van der Waals surface area contributed by atoms with Gasteiger partial charge in [0.2, 0.25) is 0 Å². The fourth-order valence-electron chi connectivity index (χ4n) is 6.66. The van der Waals surface area contributed by atoms with Gasteiger partial charge in [0.25, 0.3) is 10.1 Å². The second kappa shape index (κ2) is 19.4. The van der Waals surface area contributed by atoms with Crippen LogP contribution in [0.5, 0.6) is 0 Å². The van der Waals surface area contributed by atoms with Crippen LogP contribution in [0.4, 0.5) is 5.69 Å². The molecule has 0 aliphatic heterocycles. The van der Waals surface area contributed by atoms with Gasteiger partial charge in [-0.25, -0.2) is 0 Å². The molecule has 2 fully saturated rings. The SMILES string of the molecule is CS(=O)(=O)O.C[N-]c1ccccc1-c1[c-]cccc1.[Pd+2].c1ccc(-c2ccccc2[PH+](C2CCCCC2)C2CCCCC2)cc1. The molecule has 4 aromatic carbocycles. The van der Waals surface area contributed by atoms with Gasteiger partial charge in [0.15, 0.2) is 0 Å². The van der Waals surface area contributed by atoms with Crippen LogP contribution in [-0.4, -0.2) is 37.6 Å². The van der Waals surface area contributed by atoms with Crippen LogP contribution in [0.25, 0.3) is 27.6 Å². The zero-order valence-electron chi connectivity index (χ0n) is 26.5. The van der Waals surface area contributed by atoms with E-state index in [1.165, 1.54) is 75.3 Å². The first-order chi connectivity index (χ1) is 21.3. The van der Waals surface area contributed by atoms with Gasteiger partial charge in [-0.15, -0.1) is 48.5 Å². The van der Waals surface area contributed by atoms with Crippen molar-refractivity contribution in [1.82, 2.24) is 0 Å². The van der Waals surface area contributed by atoms with E-state index in [1.807, 2.05) is 49.5 Å². The minimum absolute atomic E-state index is 0. The topological polar surface area (TPSA) is 68.5 Å². The first-order valence-electron chi connectivity index (χ1n) is 15.9. The minimum atomic E-state index is -3.67. The monoisotopic (exact) mass is 734 g/mol. The van der Waals surface area contributed by atoms with E-state index in [-0.39, 0.29) is 20.4 Å². The van der Waals surface area contributed by atoms with Crippen molar-refractivity contribution >= 4 is 29.0 Å². The molecule has 4 nitrogen and oxygen atoms in total. The van der Waals surface area contributed by atoms with Gasteiger partial charge in [0.1, 0.15) is 0 Å². The second-order valence-electron chi connectivity index (χ2n) is 11.8. The standard InChI is InChI=1S/C24H31P.C13H11N.CH4O3S.Pd/c1-4-12-20(13-5-1)23-18-10-11-19-24(23)25(21-14-6-2-7-15-21)22-16-8-3-9-17-22;1-14-13-10-6-5-9-12(13)11-7-3-2-4-8-11;1-5(2,3)4;/h1,4-5,10-13,18-19,21-22H,2-3,6-9,14-17H2;2-7,9-10H,1H3;1H3,(H,2,3,4);/q;-2;;+2/p+1. The summed E-state index contributed by atoms with van der Waals surface area (Å²) >= 11 is 0. The molecular weight excluding hydrogens is 688 g/mol. The van der Waals surface area contributed by atoms with Gasteiger partial charge in [0.05, 0.1) is 22.9 Å². The third kappa shape index (κ3) is 12.1. The van der Waals surface area contributed by atoms with Crippen molar-refractivity contribution in [3.8, 4) is 22.3 Å². The molecule has 7 heteroatoms. The van der Waals surface area contributed by atoms with Gasteiger partial charge in [-0.2, -0.15) is 14.1 Å². The summed E-state index contributed by atoms with van der Waals surface area (Å²) in [5, 5.41) is 5.97. The Morgan fingerprint density at radius 2 is 1.18 bits per heavy atom. The molecule has 0 unspecified atom stereocenters. The molecule has 45 heavy (non-hydrogen) atoms. The van der Waals surface area contributed by atoms with E-state index in [1.54, 1.807) is 5.30 Å². The molecule has 0 atom stereocenters. The van der Waals surface area contributed by atoms with Crippen LogP contribution in [0.15, 0.2) is 103 Å². The Morgan fingerprint density at radius 3 is 1.71 bits per heavy atom. The Bertz CT molecular complexity index is 1480. The van der Waals surface area contributed by atoms with Crippen LogP contribution in [0, 0.1) is 6.07 Å². The molecule has 2 saturated carbocycles. The summed E-state index contributed by atoms with van der Waals surface area (Å²) in [6.07, 6.45) is 15.5. The average Bonchev–Trinajstić information content (AvgIpc) is 3.06. The molecule has 0 aromatic heterocycles. The fraction of sp³-hybridized carbons (Fsp3) is 0.368. The largest absolute Gasteiger partial charge is 2.00 e. The van der Waals surface area contributed by atoms with Gasteiger partial charge in [0, 0.05) is 13.5 Å². The number of nitrogens with zero attached hydrogens (tertiary/aromatic N) is 1. The zero-order chi connectivity index (χ0) is 31.2. The van der Waals surface area contributed by atoms with Crippen molar-refractivity contribution < 1.29 is 33.4 Å². The van der Waals surface area contributed by atoms with E-state index < -0.39 is 18.0 Å². The van der Waals surface area contributed by atoms with Crippen LogP contribution >= 0.6 is 7.92 Å². The molecule has 0 heterocycles. The van der Waals surface area contributed by atoms with Crippen molar-refractivity contribution in [3.63, 3.8) is 0 Å². The first kappa shape index (κ1) is 37.1. The normalized spacial score (nSPS) is 15.5. The maximum Gasteiger partial charge on any atom is 2.00 e. The van der Waals surface area contributed by atoms with E-state index in [9.17, 15) is 8.42 Å². The van der Waals surface area contributed by atoms with Crippen LogP contribution in [0.3, 0.4) is 0 Å². The predicted octanol–water partition coefficient (Wildman–Crippen LogP) is 10.1. The van der Waals surface area contributed by atoms with E-state index in [2.05, 4.69) is 72.0 Å². The van der Waals surface area contributed by atoms with E-state index in [0.29, 0.717) is 6.26 Å². The minimum Gasteiger partial charge on any atom is -0.694 e. The molecular formula is C38H47NO3PPdS+. The number of hydrogen-bond donors (Lipinski definition) is 1. The Hall–Kier alpha value is -2.32. The van der Waals surface area contributed by atoms with Gasteiger partial charge < -0.3 is 5.32 Å². The summed E-state index contributed by atoms with van der Waals surface area (Å²) in [6, 6.07) is 39.8. The first-order valence-corrected chi connectivity index (χ1v) is 19.5. The van der Waals surface area contributed by atoms with Crippen LogP contribution in [-0.2, 0) is 30.5 Å². The molecule has 2 aliphatic carbocycles. The Morgan fingerprint density at radius 1 is 0.689 bits per heavy atom. The summed E-state index contributed by atoms with van der Waals surface area (Å²) in [5.74, 6) is 0. The second-order valence-corrected chi connectivity index (χ2v) is 16.3. The van der Waals surface area contributed by atoms with E-state index >= 15 is 0 Å². The quantitative estimate of drug-likeness (QED) is 0.0928. The van der Waals surface area contributed by atoms with Crippen molar-refractivity contribution in [3.05, 3.63) is 115 Å². The van der Waals surface area contributed by atoms with Gasteiger partial charge in [-0.05, 0) is 63.0 Å². The number of hydrogen-bond acceptors (Lipinski definition) is 2. The predicted molar refractivity (Wildman–Crippen MR) is 191 cm³/mol. The van der Waals surface area contributed by atoms with E-state index in [0.717, 1.165) is 28.1 Å². The zero-order valence-corrected chi connectivity index (χ0v) is 29.8. The summed E-state index contributed by atoms with van der Waals surface area (Å²) in [5.41, 5.74) is 8.21. The van der Waals surface area contributed by atoms with Crippen molar-refractivity contribution in [1.29, 1.82) is 0 Å². The summed E-state index contributed by atoms with van der Waals surface area (Å²) < 4.78 is 25.9. The Labute approximate surface area is 286 Å². The van der Waals surface area contributed by atoms with Crippen molar-refractivity contribution in [2.45, 2.75) is 75.5 Å². The number of benzene rings is 4. The van der Waals surface area contributed by atoms with Crippen LogP contribution < -0.4 is 5.30 Å². The molecule has 2 aliphatic rings. The third-order valence-electron chi connectivity index (χ3n) is 8.56. The van der Waals surface area contributed by atoms with Crippen molar-refractivity contribution in [2.75, 3.05) is 13.3 Å². The Kier molecular flexibility index (Phi) is 16.0. The van der Waals surface area contributed by atoms with Gasteiger partial charge >= 0.3 is 20.4 Å². The average molecular weight is 735 g/mol. The molecule has 0 amide bonds. The van der Waals surface area contributed by atoms with Crippen LogP contribution in [0.1, 0.15) is 64.2 Å². The molecule has 0 bridgehead atoms. The smallest absolute Gasteiger partial charge is 0.694 e.